The van der Waals surface area contributed by atoms with Gasteiger partial charge in [0.2, 0.25) is 5.78 Å². The van der Waals surface area contributed by atoms with Gasteiger partial charge in [-0.3, -0.25) is 22.9 Å². The summed E-state index contributed by atoms with van der Waals surface area (Å²) < 4.78 is 11.7. The van der Waals surface area contributed by atoms with Gasteiger partial charge in [-0.25, -0.2) is 4.79 Å². The van der Waals surface area contributed by atoms with Crippen LogP contribution in [0, 0.1) is 12.8 Å². The second-order valence-electron chi connectivity index (χ2n) is 7.41. The third-order valence-electron chi connectivity index (χ3n) is 4.90. The number of aryl methyl sites for hydroxylation is 2. The fourth-order valence-corrected chi connectivity index (χ4v) is 3.59. The van der Waals surface area contributed by atoms with Crippen LogP contribution in [-0.2, 0) is 13.6 Å². The minimum absolute atomic E-state index is 0.178. The first-order valence-electron chi connectivity index (χ1n) is 9.17. The Kier molecular flexibility index (Phi) is 4.14. The number of hydrogen-bond donors (Lipinski definition) is 0. The smallest absolute Gasteiger partial charge is 0.332 e. The molecule has 0 saturated heterocycles. The van der Waals surface area contributed by atoms with Crippen LogP contribution >= 0.6 is 0 Å². The van der Waals surface area contributed by atoms with Crippen molar-refractivity contribution in [2.45, 2.75) is 27.3 Å². The molecule has 0 aliphatic heterocycles. The first-order valence-corrected chi connectivity index (χ1v) is 9.17. The van der Waals surface area contributed by atoms with E-state index in [-0.39, 0.29) is 17.2 Å². The van der Waals surface area contributed by atoms with E-state index >= 15 is 0 Å². The number of rotatable bonds is 4. The lowest BCUT2D eigenvalue weighted by molar-refractivity contribution is 0.415. The third kappa shape index (κ3) is 2.56. The molecule has 0 saturated carbocycles. The number of benzene rings is 1. The van der Waals surface area contributed by atoms with Gasteiger partial charge in [0, 0.05) is 31.2 Å². The molecule has 0 atom stereocenters. The molecule has 0 radical (unpaired) electrons. The van der Waals surface area contributed by atoms with Crippen LogP contribution in [0.15, 0.2) is 40.1 Å². The first-order chi connectivity index (χ1) is 13.3. The molecule has 0 N–H and O–H groups in total. The van der Waals surface area contributed by atoms with Gasteiger partial charge >= 0.3 is 5.69 Å². The SMILES string of the molecule is COc1ccc(-n2c(C)cn3c4c(=O)n(CC(C)C)c(=O)n(C)c4nc23)cc1. The van der Waals surface area contributed by atoms with E-state index in [0.717, 1.165) is 17.1 Å². The third-order valence-corrected chi connectivity index (χ3v) is 4.90. The molecule has 8 heteroatoms. The molecular weight excluding hydrogens is 358 g/mol. The van der Waals surface area contributed by atoms with Crippen molar-refractivity contribution >= 4 is 16.9 Å². The van der Waals surface area contributed by atoms with Gasteiger partial charge in [0.15, 0.2) is 11.2 Å². The zero-order chi connectivity index (χ0) is 20.2. The molecule has 146 valence electrons. The summed E-state index contributed by atoms with van der Waals surface area (Å²) in [5.74, 6) is 1.53. The van der Waals surface area contributed by atoms with Crippen LogP contribution < -0.4 is 16.0 Å². The Labute approximate surface area is 161 Å². The highest BCUT2D eigenvalue weighted by Gasteiger charge is 2.21. The number of ether oxygens (including phenoxy) is 1. The summed E-state index contributed by atoms with van der Waals surface area (Å²) in [4.78, 5) is 30.4. The number of aromatic nitrogens is 5. The Hall–Kier alpha value is -3.29. The Morgan fingerprint density at radius 2 is 1.82 bits per heavy atom. The lowest BCUT2D eigenvalue weighted by Crippen LogP contribution is -2.40. The number of imidazole rings is 2. The van der Waals surface area contributed by atoms with Crippen molar-refractivity contribution in [2.24, 2.45) is 13.0 Å². The van der Waals surface area contributed by atoms with E-state index in [4.69, 9.17) is 4.74 Å². The number of methoxy groups -OCH3 is 1. The zero-order valence-electron chi connectivity index (χ0n) is 16.6. The summed E-state index contributed by atoms with van der Waals surface area (Å²) in [6.45, 7) is 6.28. The highest BCUT2D eigenvalue weighted by atomic mass is 16.5. The van der Waals surface area contributed by atoms with Crippen molar-refractivity contribution in [3.05, 3.63) is 57.0 Å². The summed E-state index contributed by atoms with van der Waals surface area (Å²) in [5, 5.41) is 0. The molecule has 8 nitrogen and oxygen atoms in total. The highest BCUT2D eigenvalue weighted by Crippen LogP contribution is 2.22. The van der Waals surface area contributed by atoms with Gasteiger partial charge in [-0.15, -0.1) is 0 Å². The molecule has 0 aliphatic rings. The van der Waals surface area contributed by atoms with Crippen LogP contribution in [0.5, 0.6) is 5.75 Å². The van der Waals surface area contributed by atoms with Crippen molar-refractivity contribution in [2.75, 3.05) is 7.11 Å². The van der Waals surface area contributed by atoms with E-state index in [2.05, 4.69) is 4.98 Å². The largest absolute Gasteiger partial charge is 0.497 e. The predicted octanol–water partition coefficient (Wildman–Crippen LogP) is 2.11. The molecule has 3 aromatic heterocycles. The number of fused-ring (bicyclic) bond motifs is 3. The molecule has 1 aromatic carbocycles. The number of hydrogen-bond acceptors (Lipinski definition) is 4. The highest BCUT2D eigenvalue weighted by molar-refractivity contribution is 5.76. The quantitative estimate of drug-likeness (QED) is 0.543. The van der Waals surface area contributed by atoms with Crippen molar-refractivity contribution in [3.63, 3.8) is 0 Å². The first kappa shape index (κ1) is 18.1. The normalized spacial score (nSPS) is 11.8. The molecule has 0 fully saturated rings. The van der Waals surface area contributed by atoms with Crippen molar-refractivity contribution < 1.29 is 4.74 Å². The Morgan fingerprint density at radius 1 is 1.14 bits per heavy atom. The van der Waals surface area contributed by atoms with Crippen LogP contribution in [-0.4, -0.2) is 30.2 Å². The van der Waals surface area contributed by atoms with E-state index in [1.807, 2.05) is 55.8 Å². The molecule has 0 aliphatic carbocycles. The van der Waals surface area contributed by atoms with E-state index in [1.165, 1.54) is 9.13 Å². The van der Waals surface area contributed by atoms with Gasteiger partial charge < -0.3 is 4.74 Å². The average molecular weight is 381 g/mol. The molecule has 0 bridgehead atoms. The molecule has 3 heterocycles. The Morgan fingerprint density at radius 3 is 2.43 bits per heavy atom. The molecule has 0 amide bonds. The van der Waals surface area contributed by atoms with Crippen molar-refractivity contribution in [1.82, 2.24) is 23.1 Å². The second kappa shape index (κ2) is 6.40. The van der Waals surface area contributed by atoms with Crippen LogP contribution in [0.3, 0.4) is 0 Å². The van der Waals surface area contributed by atoms with Gasteiger partial charge in [-0.2, -0.15) is 4.98 Å². The van der Waals surface area contributed by atoms with Crippen LogP contribution in [0.25, 0.3) is 22.6 Å². The van der Waals surface area contributed by atoms with Gasteiger partial charge in [-0.05, 0) is 37.1 Å². The molecule has 0 unspecified atom stereocenters. The second-order valence-corrected chi connectivity index (χ2v) is 7.41. The minimum Gasteiger partial charge on any atom is -0.497 e. The standard InChI is InChI=1S/C20H23N5O3/c1-12(2)10-24-18(26)16-17(22(4)20(24)27)21-19-23(16)11-13(3)25(19)14-6-8-15(28-5)9-7-14/h6-9,11-12H,10H2,1-5H3. The van der Waals surface area contributed by atoms with Crippen LogP contribution in [0.2, 0.25) is 0 Å². The van der Waals surface area contributed by atoms with Crippen molar-refractivity contribution in [3.8, 4) is 11.4 Å². The van der Waals surface area contributed by atoms with Crippen LogP contribution in [0.1, 0.15) is 19.5 Å². The summed E-state index contributed by atoms with van der Waals surface area (Å²) >= 11 is 0. The van der Waals surface area contributed by atoms with E-state index in [9.17, 15) is 9.59 Å². The lowest BCUT2D eigenvalue weighted by Gasteiger charge is -2.09. The molecule has 28 heavy (non-hydrogen) atoms. The topological polar surface area (TPSA) is 75.5 Å². The van der Waals surface area contributed by atoms with Gasteiger partial charge in [-0.1, -0.05) is 13.8 Å². The lowest BCUT2D eigenvalue weighted by atomic mass is 10.2. The summed E-state index contributed by atoms with van der Waals surface area (Å²) in [6.07, 6.45) is 1.88. The predicted molar refractivity (Wildman–Crippen MR) is 108 cm³/mol. The van der Waals surface area contributed by atoms with Crippen molar-refractivity contribution in [1.29, 1.82) is 0 Å². The Balaban J connectivity index is 2.06. The average Bonchev–Trinajstić information content (AvgIpc) is 3.18. The fraction of sp³-hybridized carbons (Fsp3) is 0.350. The summed E-state index contributed by atoms with van der Waals surface area (Å²) in [5.41, 5.74) is 1.96. The van der Waals surface area contributed by atoms with Gasteiger partial charge in [0.05, 0.1) is 7.11 Å². The fourth-order valence-electron chi connectivity index (χ4n) is 3.59. The minimum atomic E-state index is -0.348. The van der Waals surface area contributed by atoms with Gasteiger partial charge in [0.1, 0.15) is 5.75 Å². The van der Waals surface area contributed by atoms with E-state index in [0.29, 0.717) is 23.5 Å². The van der Waals surface area contributed by atoms with E-state index < -0.39 is 0 Å². The molecule has 0 spiro atoms. The van der Waals surface area contributed by atoms with Gasteiger partial charge in [0.25, 0.3) is 5.56 Å². The maximum atomic E-state index is 13.1. The number of nitrogens with zero attached hydrogens (tertiary/aromatic N) is 5. The zero-order valence-corrected chi connectivity index (χ0v) is 16.6. The maximum absolute atomic E-state index is 13.1. The maximum Gasteiger partial charge on any atom is 0.332 e. The van der Waals surface area contributed by atoms with Crippen LogP contribution in [0.4, 0.5) is 0 Å². The molecule has 4 rings (SSSR count). The van der Waals surface area contributed by atoms with E-state index in [1.54, 1.807) is 18.6 Å². The molecule has 4 aromatic rings. The summed E-state index contributed by atoms with van der Waals surface area (Å²) in [7, 11) is 3.27. The summed E-state index contributed by atoms with van der Waals surface area (Å²) in [6, 6.07) is 7.61. The Bertz CT molecular complexity index is 1300. The molecular formula is C20H23N5O3. The monoisotopic (exact) mass is 381 g/mol.